The van der Waals surface area contributed by atoms with Crippen molar-refractivity contribution in [2.45, 2.75) is 51.0 Å². The van der Waals surface area contributed by atoms with Gasteiger partial charge in [-0.2, -0.15) is 0 Å². The highest BCUT2D eigenvalue weighted by molar-refractivity contribution is 5.99. The third kappa shape index (κ3) is 6.06. The van der Waals surface area contributed by atoms with E-state index in [-0.39, 0.29) is 23.8 Å². The molecule has 1 saturated carbocycles. The number of anilines is 1. The Morgan fingerprint density at radius 2 is 1.67 bits per heavy atom. The van der Waals surface area contributed by atoms with Crippen LogP contribution in [0, 0.1) is 5.92 Å². The minimum Gasteiger partial charge on any atom is -0.497 e. The summed E-state index contributed by atoms with van der Waals surface area (Å²) < 4.78 is 5.19. The highest BCUT2D eigenvalue weighted by Gasteiger charge is 2.27. The lowest BCUT2D eigenvalue weighted by molar-refractivity contribution is -0.125. The summed E-state index contributed by atoms with van der Waals surface area (Å²) in [6.07, 6.45) is 7.00. The zero-order valence-corrected chi connectivity index (χ0v) is 19.5. The fourth-order valence-corrected chi connectivity index (χ4v) is 4.92. The van der Waals surface area contributed by atoms with Crippen molar-refractivity contribution in [2.75, 3.05) is 31.6 Å². The molecule has 1 heterocycles. The monoisotopic (exact) mass is 449 g/mol. The van der Waals surface area contributed by atoms with E-state index >= 15 is 0 Å². The lowest BCUT2D eigenvalue weighted by atomic mass is 10.0. The second-order valence-corrected chi connectivity index (χ2v) is 9.12. The molecule has 1 saturated heterocycles. The Kier molecular flexibility index (Phi) is 7.87. The number of hydrogen-bond donors (Lipinski definition) is 2. The van der Waals surface area contributed by atoms with Crippen LogP contribution in [0.1, 0.15) is 54.4 Å². The average Bonchev–Trinajstić information content (AvgIpc) is 3.40. The molecule has 0 radical (unpaired) electrons. The van der Waals surface area contributed by atoms with Crippen LogP contribution < -0.4 is 20.3 Å². The molecule has 4 rings (SSSR count). The Morgan fingerprint density at radius 1 is 0.970 bits per heavy atom. The smallest absolute Gasteiger partial charge is 0.253 e. The van der Waals surface area contributed by atoms with Crippen molar-refractivity contribution >= 4 is 17.5 Å². The van der Waals surface area contributed by atoms with E-state index in [4.69, 9.17) is 4.74 Å². The van der Waals surface area contributed by atoms with Gasteiger partial charge in [-0.15, -0.1) is 0 Å². The van der Waals surface area contributed by atoms with Crippen molar-refractivity contribution < 1.29 is 14.3 Å². The maximum atomic E-state index is 12.9. The predicted octanol–water partition coefficient (Wildman–Crippen LogP) is 3.94. The maximum Gasteiger partial charge on any atom is 0.253 e. The molecule has 2 aromatic carbocycles. The Hall–Kier alpha value is -3.02. The lowest BCUT2D eigenvalue weighted by Gasteiger charge is -2.35. The van der Waals surface area contributed by atoms with Crippen LogP contribution in [0.25, 0.3) is 0 Å². The minimum atomic E-state index is -0.0456. The van der Waals surface area contributed by atoms with E-state index in [0.29, 0.717) is 12.1 Å². The molecule has 6 nitrogen and oxygen atoms in total. The first-order valence-corrected chi connectivity index (χ1v) is 12.2. The fourth-order valence-electron chi connectivity index (χ4n) is 4.92. The molecule has 2 aliphatic rings. The third-order valence-corrected chi connectivity index (χ3v) is 6.91. The molecule has 1 aliphatic carbocycles. The number of nitrogens with zero attached hydrogens (tertiary/aromatic N) is 1. The molecule has 176 valence electrons. The lowest BCUT2D eigenvalue weighted by Crippen LogP contribution is -2.46. The molecular formula is C27H35N3O3. The van der Waals surface area contributed by atoms with E-state index in [1.165, 1.54) is 12.8 Å². The molecule has 6 heteroatoms. The summed E-state index contributed by atoms with van der Waals surface area (Å²) in [5, 5.41) is 6.34. The molecule has 1 aliphatic heterocycles. The van der Waals surface area contributed by atoms with Gasteiger partial charge < -0.3 is 20.3 Å². The van der Waals surface area contributed by atoms with Gasteiger partial charge in [0.2, 0.25) is 5.91 Å². The largest absolute Gasteiger partial charge is 0.497 e. The number of nitrogens with one attached hydrogen (secondary N) is 2. The molecule has 0 atom stereocenters. The van der Waals surface area contributed by atoms with Crippen LogP contribution >= 0.6 is 0 Å². The predicted molar refractivity (Wildman–Crippen MR) is 131 cm³/mol. The number of rotatable bonds is 8. The molecule has 0 unspecified atom stereocenters. The van der Waals surface area contributed by atoms with E-state index in [2.05, 4.69) is 15.5 Å². The van der Waals surface area contributed by atoms with E-state index < -0.39 is 0 Å². The SMILES string of the molecule is COc1ccc(CCNC(=O)c2ccccc2N2CCC(NC(=O)C3CCCC3)CC2)cc1. The van der Waals surface area contributed by atoms with Gasteiger partial charge in [-0.1, -0.05) is 37.1 Å². The maximum absolute atomic E-state index is 12.9. The highest BCUT2D eigenvalue weighted by Crippen LogP contribution is 2.27. The van der Waals surface area contributed by atoms with Crippen LogP contribution in [-0.2, 0) is 11.2 Å². The van der Waals surface area contributed by atoms with Crippen molar-refractivity contribution in [1.82, 2.24) is 10.6 Å². The van der Waals surface area contributed by atoms with Gasteiger partial charge in [0.05, 0.1) is 12.7 Å². The molecule has 0 spiro atoms. The number of carbonyl (C=O) groups is 2. The Morgan fingerprint density at radius 3 is 2.36 bits per heavy atom. The topological polar surface area (TPSA) is 70.7 Å². The number of hydrogen-bond acceptors (Lipinski definition) is 4. The summed E-state index contributed by atoms with van der Waals surface area (Å²) >= 11 is 0. The molecule has 2 fully saturated rings. The molecule has 2 amide bonds. The van der Waals surface area contributed by atoms with Crippen molar-refractivity contribution in [3.63, 3.8) is 0 Å². The molecule has 2 aromatic rings. The zero-order chi connectivity index (χ0) is 23.0. The van der Waals surface area contributed by atoms with Gasteiger partial charge in [0.15, 0.2) is 0 Å². The van der Waals surface area contributed by atoms with E-state index in [1.54, 1.807) is 7.11 Å². The van der Waals surface area contributed by atoms with Crippen LogP contribution in [0.3, 0.4) is 0 Å². The first kappa shape index (κ1) is 23.1. The number of piperidine rings is 1. The number of ether oxygens (including phenoxy) is 1. The summed E-state index contributed by atoms with van der Waals surface area (Å²) in [7, 11) is 1.65. The summed E-state index contributed by atoms with van der Waals surface area (Å²) in [5.74, 6) is 1.24. The van der Waals surface area contributed by atoms with E-state index in [9.17, 15) is 9.59 Å². The van der Waals surface area contributed by atoms with Gasteiger partial charge in [0, 0.05) is 37.3 Å². The second kappa shape index (κ2) is 11.2. The normalized spacial score (nSPS) is 17.1. The van der Waals surface area contributed by atoms with Gasteiger partial charge in [-0.3, -0.25) is 9.59 Å². The molecule has 0 aromatic heterocycles. The number of para-hydroxylation sites is 1. The van der Waals surface area contributed by atoms with Crippen molar-refractivity contribution in [3.05, 3.63) is 59.7 Å². The van der Waals surface area contributed by atoms with Gasteiger partial charge in [0.1, 0.15) is 5.75 Å². The Balaban J connectivity index is 1.28. The van der Waals surface area contributed by atoms with Crippen LogP contribution in [0.15, 0.2) is 48.5 Å². The summed E-state index contributed by atoms with van der Waals surface area (Å²) in [6, 6.07) is 16.0. The quantitative estimate of drug-likeness (QED) is 0.640. The summed E-state index contributed by atoms with van der Waals surface area (Å²) in [6.45, 7) is 2.26. The van der Waals surface area contributed by atoms with E-state index in [0.717, 1.165) is 62.2 Å². The van der Waals surface area contributed by atoms with Crippen LogP contribution in [0.4, 0.5) is 5.69 Å². The number of amides is 2. The van der Waals surface area contributed by atoms with Crippen molar-refractivity contribution in [3.8, 4) is 5.75 Å². The molecule has 33 heavy (non-hydrogen) atoms. The first-order chi connectivity index (χ1) is 16.1. The molecule has 0 bridgehead atoms. The summed E-state index contributed by atoms with van der Waals surface area (Å²) in [5.41, 5.74) is 2.84. The molecule has 2 N–H and O–H groups in total. The molecular weight excluding hydrogens is 414 g/mol. The average molecular weight is 450 g/mol. The number of carbonyl (C=O) groups excluding carboxylic acids is 2. The Labute approximate surface area is 196 Å². The number of benzene rings is 2. The van der Waals surface area contributed by atoms with Gasteiger partial charge in [0.25, 0.3) is 5.91 Å². The third-order valence-electron chi connectivity index (χ3n) is 6.91. The first-order valence-electron chi connectivity index (χ1n) is 12.2. The van der Waals surface area contributed by atoms with Crippen molar-refractivity contribution in [2.24, 2.45) is 5.92 Å². The number of methoxy groups -OCH3 is 1. The fraction of sp³-hybridized carbons (Fsp3) is 0.481. The van der Waals surface area contributed by atoms with Gasteiger partial charge in [-0.25, -0.2) is 0 Å². The summed E-state index contributed by atoms with van der Waals surface area (Å²) in [4.78, 5) is 27.7. The second-order valence-electron chi connectivity index (χ2n) is 9.12. The minimum absolute atomic E-state index is 0.0456. The van der Waals surface area contributed by atoms with Crippen molar-refractivity contribution in [1.29, 1.82) is 0 Å². The van der Waals surface area contributed by atoms with Crippen LogP contribution in [0.5, 0.6) is 5.75 Å². The van der Waals surface area contributed by atoms with Crippen LogP contribution in [-0.4, -0.2) is 44.6 Å². The van der Waals surface area contributed by atoms with E-state index in [1.807, 2.05) is 48.5 Å². The standard InChI is InChI=1S/C27H35N3O3/c1-33-23-12-10-20(11-13-23)14-17-28-27(32)24-8-4-5-9-25(24)30-18-15-22(16-19-30)29-26(31)21-6-2-3-7-21/h4-5,8-13,21-22H,2-3,6-7,14-19H2,1H3,(H,28,32)(H,29,31). The van der Waals surface area contributed by atoms with Crippen LogP contribution in [0.2, 0.25) is 0 Å². The van der Waals surface area contributed by atoms with Gasteiger partial charge >= 0.3 is 0 Å². The zero-order valence-electron chi connectivity index (χ0n) is 19.5. The Bertz CT molecular complexity index is 930. The van der Waals surface area contributed by atoms with Gasteiger partial charge in [-0.05, 0) is 61.9 Å². The highest BCUT2D eigenvalue weighted by atomic mass is 16.5.